The van der Waals surface area contributed by atoms with Crippen LogP contribution in [0.3, 0.4) is 0 Å². The molecule has 15 heavy (non-hydrogen) atoms. The average Bonchev–Trinajstić information content (AvgIpc) is 1.75. The fraction of sp³-hybridized carbons (Fsp3) is 0.700. The molecule has 0 aromatic rings. The fourth-order valence-electron chi connectivity index (χ4n) is 0. The normalized spacial score (nSPS) is 1.33. The lowest BCUT2D eigenvalue weighted by Gasteiger charge is -1.02. The number of rotatable bonds is 0. The Morgan fingerprint density at radius 3 is 0.600 bits per heavy atom. The number of isocyanates is 2. The molecule has 0 heterocycles. The van der Waals surface area contributed by atoms with E-state index in [9.17, 15) is 0 Å². The van der Waals surface area contributed by atoms with Crippen molar-refractivity contribution in [2.45, 2.75) is 52.0 Å². The second-order valence-corrected chi connectivity index (χ2v) is 0.204. The molecule has 0 amide bonds. The molecule has 0 bridgehead atoms. The van der Waals surface area contributed by atoms with Crippen molar-refractivity contribution in [3.8, 4) is 0 Å². The van der Waals surface area contributed by atoms with Crippen LogP contribution >= 0.6 is 0 Å². The summed E-state index contributed by atoms with van der Waals surface area (Å²) in [5, 5.41) is 10.8. The van der Waals surface area contributed by atoms with Crippen LogP contribution in [-0.2, 0) is 14.4 Å². The van der Waals surface area contributed by atoms with Gasteiger partial charge < -0.3 is 4.79 Å². The second kappa shape index (κ2) is 8780. The molecule has 0 fully saturated rings. The molecule has 0 aromatic carbocycles. The molecule has 0 aliphatic heterocycles. The Labute approximate surface area is 96.9 Å². The van der Waals surface area contributed by atoms with Crippen LogP contribution in [0.15, 0.2) is 0 Å². The van der Waals surface area contributed by atoms with Crippen LogP contribution in [0.5, 0.6) is 0 Å². The minimum Gasteiger partial charge on any atom is -0.307 e. The predicted molar refractivity (Wildman–Crippen MR) is 71.1 cm³/mol. The molecular formula is C10H32N2O3. The van der Waals surface area contributed by atoms with Crippen molar-refractivity contribution in [2.24, 2.45) is 0 Å². The van der Waals surface area contributed by atoms with Crippen molar-refractivity contribution in [1.29, 1.82) is 10.8 Å². The van der Waals surface area contributed by atoms with Crippen LogP contribution in [0.4, 0.5) is 0 Å². The van der Waals surface area contributed by atoms with E-state index < -0.39 is 0 Å². The maximum atomic E-state index is 8.35. The molecule has 0 saturated carbocycles. The van der Waals surface area contributed by atoms with Crippen molar-refractivity contribution < 1.29 is 14.4 Å². The Balaban J connectivity index is -0.00000000256. The Kier molecular flexibility index (Phi) is 103000. The van der Waals surface area contributed by atoms with Gasteiger partial charge in [0, 0.05) is 0 Å². The maximum Gasteiger partial charge on any atom is 0.231 e. The lowest BCUT2D eigenvalue weighted by Crippen LogP contribution is -1.16. The summed E-state index contributed by atoms with van der Waals surface area (Å²) in [7, 11) is 0. The van der Waals surface area contributed by atoms with Gasteiger partial charge in [0.1, 0.15) is 6.79 Å². The van der Waals surface area contributed by atoms with Crippen LogP contribution in [0.2, 0.25) is 0 Å². The topological polar surface area (TPSA) is 98.9 Å². The zero-order chi connectivity index (χ0) is 7.41. The van der Waals surface area contributed by atoms with E-state index in [0.717, 1.165) is 12.2 Å². The Bertz CT molecular complexity index is 82.8. The SMILES string of the molecule is C.C.C.C.C.C.C.C=O.N=C=O.N=C=O. The number of hydrogen-bond acceptors (Lipinski definition) is 5. The highest BCUT2D eigenvalue weighted by molar-refractivity contribution is 5.26. The molecule has 0 aromatic heterocycles. The monoisotopic (exact) mass is 228 g/mol. The van der Waals surface area contributed by atoms with E-state index in [0.29, 0.717) is 0 Å². The van der Waals surface area contributed by atoms with Crippen LogP contribution in [0, 0.1) is 10.8 Å². The minimum atomic E-state index is 0. The first-order valence-corrected chi connectivity index (χ1v) is 1.20. The largest absolute Gasteiger partial charge is 0.307 e. The molecule has 0 radical (unpaired) electrons. The van der Waals surface area contributed by atoms with E-state index in [1.54, 1.807) is 0 Å². The molecule has 5 nitrogen and oxygen atoms in total. The van der Waals surface area contributed by atoms with Crippen LogP contribution in [-0.4, -0.2) is 18.9 Å². The number of nitrogens with one attached hydrogen (secondary N) is 2. The second-order valence-electron chi connectivity index (χ2n) is 0.204. The number of carbonyl (C=O) groups is 1. The summed E-state index contributed by atoms with van der Waals surface area (Å²) in [5.74, 6) is 0. The zero-order valence-corrected chi connectivity index (χ0v) is 3.93. The lowest BCUT2D eigenvalue weighted by atomic mass is 11.7. The van der Waals surface area contributed by atoms with E-state index in [1.807, 2.05) is 6.79 Å². The molecule has 0 atom stereocenters. The van der Waals surface area contributed by atoms with Gasteiger partial charge in [0.15, 0.2) is 0 Å². The van der Waals surface area contributed by atoms with Gasteiger partial charge in [0.2, 0.25) is 12.2 Å². The smallest absolute Gasteiger partial charge is 0.231 e. The Morgan fingerprint density at radius 1 is 0.600 bits per heavy atom. The lowest BCUT2D eigenvalue weighted by molar-refractivity contribution is -0.0979. The molecular weight excluding hydrogens is 196 g/mol. The van der Waals surface area contributed by atoms with Gasteiger partial charge in [0.25, 0.3) is 0 Å². The third-order valence-corrected chi connectivity index (χ3v) is 0. The molecule has 0 aliphatic carbocycles. The quantitative estimate of drug-likeness (QED) is 0.483. The Hall–Kier alpha value is -1.57. The average molecular weight is 228 g/mol. The third kappa shape index (κ3) is 549. The first kappa shape index (κ1) is 176. The molecule has 2 N–H and O–H groups in total. The maximum absolute atomic E-state index is 8.35. The molecule has 100 valence electrons. The third-order valence-electron chi connectivity index (χ3n) is 0. The molecule has 0 aliphatic rings. The standard InChI is InChI=1S/2CHNO.CH2O.7CH4/c2*2-1-3;1-2;;;;;;;/h2*2H;1H2;7*1H4. The van der Waals surface area contributed by atoms with Crippen LogP contribution in [0.1, 0.15) is 52.0 Å². The minimum absolute atomic E-state index is 0. The summed E-state index contributed by atoms with van der Waals surface area (Å²) in [5.41, 5.74) is 0. The van der Waals surface area contributed by atoms with Gasteiger partial charge in [-0.05, 0) is 0 Å². The van der Waals surface area contributed by atoms with Crippen LogP contribution in [0.25, 0.3) is 0 Å². The zero-order valence-electron chi connectivity index (χ0n) is 3.93. The first-order chi connectivity index (χ1) is 3.83. The molecule has 5 heteroatoms. The molecule has 0 spiro atoms. The molecule has 0 rings (SSSR count). The van der Waals surface area contributed by atoms with E-state index >= 15 is 0 Å². The highest BCUT2D eigenvalue weighted by atomic mass is 16.1. The van der Waals surface area contributed by atoms with Crippen molar-refractivity contribution in [2.75, 3.05) is 0 Å². The van der Waals surface area contributed by atoms with Gasteiger partial charge in [-0.15, -0.1) is 0 Å². The number of carbonyl (C=O) groups excluding carboxylic acids is 3. The van der Waals surface area contributed by atoms with Crippen LogP contribution < -0.4 is 0 Å². The van der Waals surface area contributed by atoms with Gasteiger partial charge in [-0.25, -0.2) is 20.4 Å². The first-order valence-electron chi connectivity index (χ1n) is 1.20. The highest BCUT2D eigenvalue weighted by Crippen LogP contribution is 0.871. The summed E-state index contributed by atoms with van der Waals surface area (Å²) < 4.78 is 0. The van der Waals surface area contributed by atoms with Crippen molar-refractivity contribution in [3.05, 3.63) is 0 Å². The van der Waals surface area contributed by atoms with Gasteiger partial charge in [-0.2, -0.15) is 0 Å². The van der Waals surface area contributed by atoms with Gasteiger partial charge >= 0.3 is 0 Å². The van der Waals surface area contributed by atoms with Crippen molar-refractivity contribution >= 4 is 18.9 Å². The van der Waals surface area contributed by atoms with Crippen molar-refractivity contribution in [1.82, 2.24) is 0 Å². The summed E-state index contributed by atoms with van der Waals surface area (Å²) in [4.78, 5) is 24.7. The fourth-order valence-corrected chi connectivity index (χ4v) is 0. The summed E-state index contributed by atoms with van der Waals surface area (Å²) in [6.45, 7) is 2.00. The summed E-state index contributed by atoms with van der Waals surface area (Å²) in [6, 6.07) is 0. The number of hydrogen-bond donors (Lipinski definition) is 2. The summed E-state index contributed by atoms with van der Waals surface area (Å²) in [6.07, 6.45) is 1.50. The Morgan fingerprint density at radius 2 is 0.600 bits per heavy atom. The highest BCUT2D eigenvalue weighted by Gasteiger charge is 1.04. The molecule has 0 unspecified atom stereocenters. The van der Waals surface area contributed by atoms with Gasteiger partial charge in [-0.1, -0.05) is 52.0 Å². The van der Waals surface area contributed by atoms with E-state index in [4.69, 9.17) is 25.2 Å². The van der Waals surface area contributed by atoms with E-state index in [2.05, 4.69) is 0 Å². The van der Waals surface area contributed by atoms with Gasteiger partial charge in [0.05, 0.1) is 0 Å². The van der Waals surface area contributed by atoms with E-state index in [-0.39, 0.29) is 52.0 Å². The van der Waals surface area contributed by atoms with E-state index in [1.165, 1.54) is 0 Å². The predicted octanol–water partition coefficient (Wildman–Crippen LogP) is 4.07. The molecule has 0 saturated heterocycles. The van der Waals surface area contributed by atoms with Gasteiger partial charge in [-0.3, -0.25) is 0 Å². The summed E-state index contributed by atoms with van der Waals surface area (Å²) >= 11 is 0. The van der Waals surface area contributed by atoms with Crippen molar-refractivity contribution in [3.63, 3.8) is 0 Å².